The van der Waals surface area contributed by atoms with Gasteiger partial charge in [-0.2, -0.15) is 5.10 Å². The molecule has 2 heterocycles. The summed E-state index contributed by atoms with van der Waals surface area (Å²) in [6.07, 6.45) is 1.69. The summed E-state index contributed by atoms with van der Waals surface area (Å²) in [6.45, 7) is 0. The Morgan fingerprint density at radius 1 is 1.39 bits per heavy atom. The van der Waals surface area contributed by atoms with Gasteiger partial charge in [-0.05, 0) is 17.7 Å². The van der Waals surface area contributed by atoms with Crippen LogP contribution >= 0.6 is 22.9 Å². The number of amides is 1. The van der Waals surface area contributed by atoms with Gasteiger partial charge in [-0.15, -0.1) is 10.2 Å². The van der Waals surface area contributed by atoms with Crippen molar-refractivity contribution in [1.29, 1.82) is 0 Å². The number of hydrogen-bond donors (Lipinski definition) is 2. The van der Waals surface area contributed by atoms with Gasteiger partial charge in [0.1, 0.15) is 0 Å². The molecule has 0 bridgehead atoms. The average Bonchev–Trinajstić information content (AvgIpc) is 2.97. The average molecular weight is 280 g/mol. The molecule has 2 N–H and O–H groups in total. The number of benzene rings is 1. The summed E-state index contributed by atoms with van der Waals surface area (Å²) in [5.74, 6) is -0.346. The van der Waals surface area contributed by atoms with Crippen molar-refractivity contribution in [2.75, 3.05) is 5.32 Å². The first-order valence-corrected chi connectivity index (χ1v) is 6.16. The van der Waals surface area contributed by atoms with Gasteiger partial charge >= 0.3 is 0 Å². The van der Waals surface area contributed by atoms with Crippen LogP contribution < -0.4 is 5.32 Å². The molecule has 1 aromatic carbocycles. The third-order valence-corrected chi connectivity index (χ3v) is 3.34. The molecule has 6 nitrogen and oxygen atoms in total. The van der Waals surface area contributed by atoms with Crippen LogP contribution in [0.1, 0.15) is 9.80 Å². The van der Waals surface area contributed by atoms with E-state index in [1.165, 1.54) is 0 Å². The Hall–Kier alpha value is -1.99. The number of rotatable bonds is 2. The van der Waals surface area contributed by atoms with E-state index in [0.29, 0.717) is 5.69 Å². The minimum Gasteiger partial charge on any atom is -0.318 e. The van der Waals surface area contributed by atoms with Crippen LogP contribution in [0.4, 0.5) is 5.69 Å². The van der Waals surface area contributed by atoms with Crippen molar-refractivity contribution in [3.05, 3.63) is 33.9 Å². The van der Waals surface area contributed by atoms with Crippen molar-refractivity contribution in [3.8, 4) is 0 Å². The summed E-state index contributed by atoms with van der Waals surface area (Å²) in [7, 11) is 0. The fourth-order valence-corrected chi connectivity index (χ4v) is 2.27. The monoisotopic (exact) mass is 279 g/mol. The highest BCUT2D eigenvalue weighted by atomic mass is 35.5. The Morgan fingerprint density at radius 3 is 3.06 bits per heavy atom. The van der Waals surface area contributed by atoms with Gasteiger partial charge in [0.2, 0.25) is 9.47 Å². The lowest BCUT2D eigenvalue weighted by molar-refractivity contribution is 0.102. The van der Waals surface area contributed by atoms with E-state index >= 15 is 0 Å². The quantitative estimate of drug-likeness (QED) is 0.754. The van der Waals surface area contributed by atoms with Gasteiger partial charge in [-0.1, -0.05) is 23.5 Å². The van der Waals surface area contributed by atoms with Gasteiger partial charge in [-0.3, -0.25) is 9.89 Å². The summed E-state index contributed by atoms with van der Waals surface area (Å²) in [4.78, 5) is 11.9. The van der Waals surface area contributed by atoms with Crippen LogP contribution in [-0.4, -0.2) is 26.3 Å². The minimum atomic E-state index is -0.346. The van der Waals surface area contributed by atoms with Crippen LogP contribution in [0.5, 0.6) is 0 Å². The minimum absolute atomic E-state index is 0.219. The van der Waals surface area contributed by atoms with Crippen molar-refractivity contribution in [3.63, 3.8) is 0 Å². The van der Waals surface area contributed by atoms with Crippen molar-refractivity contribution in [1.82, 2.24) is 20.4 Å². The van der Waals surface area contributed by atoms with E-state index in [-0.39, 0.29) is 15.4 Å². The Bertz CT molecular complexity index is 722. The molecular formula is C10H6ClN5OS. The van der Waals surface area contributed by atoms with Crippen molar-refractivity contribution < 1.29 is 4.79 Å². The lowest BCUT2D eigenvalue weighted by Gasteiger charge is -2.03. The number of nitrogens with zero attached hydrogens (tertiary/aromatic N) is 3. The molecule has 18 heavy (non-hydrogen) atoms. The Morgan fingerprint density at radius 2 is 2.28 bits per heavy atom. The molecule has 0 fully saturated rings. The van der Waals surface area contributed by atoms with Gasteiger partial charge in [0.05, 0.1) is 17.4 Å². The van der Waals surface area contributed by atoms with Crippen LogP contribution in [0, 0.1) is 0 Å². The van der Waals surface area contributed by atoms with E-state index in [0.717, 1.165) is 22.2 Å². The van der Waals surface area contributed by atoms with Crippen molar-refractivity contribution in [2.45, 2.75) is 0 Å². The van der Waals surface area contributed by atoms with E-state index in [2.05, 4.69) is 25.7 Å². The van der Waals surface area contributed by atoms with E-state index in [1.807, 2.05) is 12.1 Å². The molecule has 0 aliphatic rings. The highest BCUT2D eigenvalue weighted by Crippen LogP contribution is 2.22. The van der Waals surface area contributed by atoms with Gasteiger partial charge in [0, 0.05) is 5.39 Å². The largest absolute Gasteiger partial charge is 0.318 e. The maximum Gasteiger partial charge on any atom is 0.286 e. The summed E-state index contributed by atoms with van der Waals surface area (Å²) in [6, 6.07) is 5.51. The molecule has 0 radical (unpaired) electrons. The molecule has 0 atom stereocenters. The fourth-order valence-electron chi connectivity index (χ4n) is 1.55. The summed E-state index contributed by atoms with van der Waals surface area (Å²) < 4.78 is 0.236. The number of aromatic amines is 1. The molecule has 90 valence electrons. The van der Waals surface area contributed by atoms with Crippen LogP contribution in [-0.2, 0) is 0 Å². The summed E-state index contributed by atoms with van der Waals surface area (Å²) >= 11 is 6.66. The van der Waals surface area contributed by atoms with E-state index in [1.54, 1.807) is 12.3 Å². The lowest BCUT2D eigenvalue weighted by Crippen LogP contribution is -2.11. The molecule has 3 rings (SSSR count). The number of anilines is 1. The Kier molecular flexibility index (Phi) is 2.69. The van der Waals surface area contributed by atoms with E-state index in [9.17, 15) is 4.79 Å². The first kappa shape index (κ1) is 11.1. The predicted molar refractivity (Wildman–Crippen MR) is 69.0 cm³/mol. The molecular weight excluding hydrogens is 274 g/mol. The van der Waals surface area contributed by atoms with Gasteiger partial charge in [-0.25, -0.2) is 0 Å². The molecule has 1 amide bonds. The maximum absolute atomic E-state index is 11.9. The highest BCUT2D eigenvalue weighted by molar-refractivity contribution is 7.17. The van der Waals surface area contributed by atoms with Gasteiger partial charge < -0.3 is 5.32 Å². The number of para-hydroxylation sites is 1. The molecule has 0 aliphatic heterocycles. The SMILES string of the molecule is O=C(Nc1cccc2cn[nH]c12)c1nnc(Cl)s1. The van der Waals surface area contributed by atoms with Crippen LogP contribution in [0.3, 0.4) is 0 Å². The van der Waals surface area contributed by atoms with Crippen LogP contribution in [0.25, 0.3) is 10.9 Å². The zero-order valence-corrected chi connectivity index (χ0v) is 10.4. The van der Waals surface area contributed by atoms with Gasteiger partial charge in [0.25, 0.3) is 5.91 Å². The van der Waals surface area contributed by atoms with E-state index < -0.39 is 0 Å². The summed E-state index contributed by atoms with van der Waals surface area (Å²) in [5, 5.41) is 17.9. The Labute approximate surface area is 110 Å². The predicted octanol–water partition coefficient (Wildman–Crippen LogP) is 2.32. The second kappa shape index (κ2) is 4.35. The second-order valence-corrected chi connectivity index (χ2v) is 5.01. The smallest absolute Gasteiger partial charge is 0.286 e. The molecule has 0 saturated carbocycles. The van der Waals surface area contributed by atoms with Crippen molar-refractivity contribution >= 4 is 45.4 Å². The number of carbonyl (C=O) groups excluding carboxylic acids is 1. The number of H-pyrrole nitrogens is 1. The highest BCUT2D eigenvalue weighted by Gasteiger charge is 2.13. The van der Waals surface area contributed by atoms with Crippen LogP contribution in [0.15, 0.2) is 24.4 Å². The molecule has 0 unspecified atom stereocenters. The standard InChI is InChI=1S/C10H6ClN5OS/c11-10-16-15-9(18-10)8(17)13-6-3-1-2-5-4-12-14-7(5)6/h1-4H,(H,12,14)(H,13,17). The number of aromatic nitrogens is 4. The van der Waals surface area contributed by atoms with Gasteiger partial charge in [0.15, 0.2) is 0 Å². The number of hydrogen-bond acceptors (Lipinski definition) is 5. The molecule has 0 saturated heterocycles. The normalized spacial score (nSPS) is 10.7. The van der Waals surface area contributed by atoms with E-state index in [4.69, 9.17) is 11.6 Å². The number of halogens is 1. The molecule has 8 heteroatoms. The first-order valence-electron chi connectivity index (χ1n) is 4.96. The Balaban J connectivity index is 1.92. The molecule has 0 spiro atoms. The molecule has 3 aromatic rings. The maximum atomic E-state index is 11.9. The fraction of sp³-hybridized carbons (Fsp3) is 0. The topological polar surface area (TPSA) is 83.6 Å². The van der Waals surface area contributed by atoms with Crippen molar-refractivity contribution in [2.24, 2.45) is 0 Å². The zero-order valence-electron chi connectivity index (χ0n) is 8.85. The third-order valence-electron chi connectivity index (χ3n) is 2.32. The molecule has 2 aromatic heterocycles. The number of fused-ring (bicyclic) bond motifs is 1. The number of nitrogens with one attached hydrogen (secondary N) is 2. The zero-order chi connectivity index (χ0) is 12.5. The number of carbonyl (C=O) groups is 1. The lowest BCUT2D eigenvalue weighted by atomic mass is 10.2. The first-order chi connectivity index (χ1) is 8.74. The van der Waals surface area contributed by atoms with Crippen LogP contribution in [0.2, 0.25) is 4.47 Å². The third kappa shape index (κ3) is 1.93. The molecule has 0 aliphatic carbocycles. The second-order valence-electron chi connectivity index (χ2n) is 3.45. The summed E-state index contributed by atoms with van der Waals surface area (Å²) in [5.41, 5.74) is 1.41.